The van der Waals surface area contributed by atoms with Crippen LogP contribution in [-0.4, -0.2) is 55.0 Å². The summed E-state index contributed by atoms with van der Waals surface area (Å²) in [6.07, 6.45) is 7.49. The molecular formula is C28H36N4O4S. The minimum absolute atomic E-state index is 0.166. The largest absolute Gasteiger partial charge is 0.377 e. The first kappa shape index (κ1) is 27.0. The molecule has 0 spiro atoms. The molecule has 198 valence electrons. The Balaban J connectivity index is 1.17. The lowest BCUT2D eigenvalue weighted by molar-refractivity contribution is -0.131. The van der Waals surface area contributed by atoms with Crippen molar-refractivity contribution in [2.45, 2.75) is 56.6 Å². The number of likely N-dealkylation sites (tertiary alicyclic amines) is 1. The number of nitrogens with one attached hydrogen (secondary N) is 1. The highest BCUT2D eigenvalue weighted by molar-refractivity contribution is 7.89. The van der Waals surface area contributed by atoms with Gasteiger partial charge >= 0.3 is 0 Å². The van der Waals surface area contributed by atoms with Crippen LogP contribution in [0.2, 0.25) is 0 Å². The number of hydrogen-bond acceptors (Lipinski definition) is 5. The summed E-state index contributed by atoms with van der Waals surface area (Å²) in [4.78, 5) is 19.2. The molecule has 0 aliphatic carbocycles. The van der Waals surface area contributed by atoms with Crippen molar-refractivity contribution in [2.75, 3.05) is 26.2 Å². The highest BCUT2D eigenvalue weighted by Gasteiger charge is 2.27. The second-order valence-corrected chi connectivity index (χ2v) is 11.3. The number of amides is 1. The number of aryl methyl sites for hydroxylation is 2. The van der Waals surface area contributed by atoms with Gasteiger partial charge in [-0.05, 0) is 50.3 Å². The zero-order chi connectivity index (χ0) is 26.1. The Morgan fingerprint density at radius 1 is 1.05 bits per heavy atom. The van der Waals surface area contributed by atoms with Gasteiger partial charge in [0.25, 0.3) is 0 Å². The maximum Gasteiger partial charge on any atom is 0.241 e. The van der Waals surface area contributed by atoms with Gasteiger partial charge in [-0.1, -0.05) is 48.0 Å². The van der Waals surface area contributed by atoms with Gasteiger partial charge in [0, 0.05) is 44.6 Å². The maximum absolute atomic E-state index is 12.7. The van der Waals surface area contributed by atoms with Gasteiger partial charge in [0.1, 0.15) is 5.82 Å². The highest BCUT2D eigenvalue weighted by Crippen LogP contribution is 2.27. The number of imidazole rings is 1. The van der Waals surface area contributed by atoms with Gasteiger partial charge < -0.3 is 14.2 Å². The lowest BCUT2D eigenvalue weighted by Crippen LogP contribution is -2.44. The maximum atomic E-state index is 12.7. The normalized spacial score (nSPS) is 14.7. The number of carbonyl (C=O) groups excluding carboxylic acids is 1. The molecule has 37 heavy (non-hydrogen) atoms. The Labute approximate surface area is 219 Å². The smallest absolute Gasteiger partial charge is 0.241 e. The molecule has 0 radical (unpaired) electrons. The van der Waals surface area contributed by atoms with Crippen LogP contribution in [0.3, 0.4) is 0 Å². The first-order valence-electron chi connectivity index (χ1n) is 12.9. The molecule has 1 fully saturated rings. The van der Waals surface area contributed by atoms with Crippen molar-refractivity contribution in [1.82, 2.24) is 19.2 Å². The number of hydrogen-bond donors (Lipinski definition) is 1. The van der Waals surface area contributed by atoms with E-state index in [1.54, 1.807) is 29.2 Å². The molecule has 4 rings (SSSR count). The van der Waals surface area contributed by atoms with E-state index in [2.05, 4.69) is 26.4 Å². The van der Waals surface area contributed by atoms with Crippen LogP contribution in [0.5, 0.6) is 0 Å². The molecular weight excluding hydrogens is 488 g/mol. The van der Waals surface area contributed by atoms with E-state index < -0.39 is 10.0 Å². The average Bonchev–Trinajstić information content (AvgIpc) is 3.39. The molecule has 1 saturated heterocycles. The Morgan fingerprint density at radius 2 is 1.78 bits per heavy atom. The van der Waals surface area contributed by atoms with Crippen LogP contribution >= 0.6 is 0 Å². The predicted octanol–water partition coefficient (Wildman–Crippen LogP) is 3.87. The molecule has 0 bridgehead atoms. The molecule has 8 nitrogen and oxygen atoms in total. The Hall–Kier alpha value is -3.01. The first-order valence-corrected chi connectivity index (χ1v) is 14.4. The van der Waals surface area contributed by atoms with Gasteiger partial charge in [0.05, 0.1) is 18.0 Å². The third-order valence-corrected chi connectivity index (χ3v) is 8.17. The number of aromatic nitrogens is 2. The van der Waals surface area contributed by atoms with Gasteiger partial charge in [-0.15, -0.1) is 0 Å². The van der Waals surface area contributed by atoms with Crippen molar-refractivity contribution in [3.63, 3.8) is 0 Å². The van der Waals surface area contributed by atoms with E-state index in [1.165, 1.54) is 5.56 Å². The fourth-order valence-electron chi connectivity index (χ4n) is 4.58. The summed E-state index contributed by atoms with van der Waals surface area (Å²) >= 11 is 0. The van der Waals surface area contributed by atoms with Gasteiger partial charge in [-0.3, -0.25) is 4.79 Å². The predicted molar refractivity (Wildman–Crippen MR) is 142 cm³/mol. The van der Waals surface area contributed by atoms with Crippen molar-refractivity contribution in [2.24, 2.45) is 0 Å². The second kappa shape index (κ2) is 13.0. The number of benzene rings is 2. The van der Waals surface area contributed by atoms with E-state index in [0.717, 1.165) is 50.2 Å². The van der Waals surface area contributed by atoms with Crippen LogP contribution in [0.1, 0.15) is 48.6 Å². The highest BCUT2D eigenvalue weighted by atomic mass is 32.2. The molecule has 1 N–H and O–H groups in total. The molecule has 1 aromatic heterocycles. The summed E-state index contributed by atoms with van der Waals surface area (Å²) in [7, 11) is -3.71. The zero-order valence-electron chi connectivity index (χ0n) is 21.4. The van der Waals surface area contributed by atoms with Crippen LogP contribution in [0.25, 0.3) is 0 Å². The van der Waals surface area contributed by atoms with Crippen LogP contribution in [-0.2, 0) is 32.7 Å². The monoisotopic (exact) mass is 524 g/mol. The SMILES string of the molecule is Cc1ccc(S(=O)(=O)NCC(=O)N2CCC(c3nccn3CCCCOCc3ccccc3)CC2)cc1. The molecule has 2 aromatic carbocycles. The molecule has 2 heterocycles. The number of piperidine rings is 1. The number of nitrogens with zero attached hydrogens (tertiary/aromatic N) is 3. The van der Waals surface area contributed by atoms with Crippen molar-refractivity contribution in [1.29, 1.82) is 0 Å². The molecule has 9 heteroatoms. The fourth-order valence-corrected chi connectivity index (χ4v) is 5.55. The van der Waals surface area contributed by atoms with E-state index in [-0.39, 0.29) is 23.3 Å². The van der Waals surface area contributed by atoms with Crippen LogP contribution in [0.15, 0.2) is 71.9 Å². The molecule has 1 aliphatic heterocycles. The third-order valence-electron chi connectivity index (χ3n) is 6.75. The molecule has 1 amide bonds. The van der Waals surface area contributed by atoms with Crippen molar-refractivity contribution in [3.05, 3.63) is 83.9 Å². The molecule has 3 aromatic rings. The van der Waals surface area contributed by atoms with Gasteiger partial charge in [-0.2, -0.15) is 0 Å². The van der Waals surface area contributed by atoms with Crippen molar-refractivity contribution >= 4 is 15.9 Å². The molecule has 1 aliphatic rings. The van der Waals surface area contributed by atoms with Crippen LogP contribution in [0, 0.1) is 6.92 Å². The van der Waals surface area contributed by atoms with Gasteiger partial charge in [0.2, 0.25) is 15.9 Å². The lowest BCUT2D eigenvalue weighted by atomic mass is 9.95. The number of unbranched alkanes of at least 4 members (excludes halogenated alkanes) is 1. The summed E-state index contributed by atoms with van der Waals surface area (Å²) in [6.45, 7) is 5.11. The Bertz CT molecular complexity index is 1230. The fraction of sp³-hybridized carbons (Fsp3) is 0.429. The second-order valence-electron chi connectivity index (χ2n) is 9.52. The third kappa shape index (κ3) is 7.74. The van der Waals surface area contributed by atoms with Gasteiger partial charge in [-0.25, -0.2) is 18.1 Å². The average molecular weight is 525 g/mol. The summed E-state index contributed by atoms with van der Waals surface area (Å²) in [6, 6.07) is 16.8. The number of sulfonamides is 1. The van der Waals surface area contributed by atoms with E-state index in [4.69, 9.17) is 4.74 Å². The Kier molecular flexibility index (Phi) is 9.49. The zero-order valence-corrected chi connectivity index (χ0v) is 22.2. The Morgan fingerprint density at radius 3 is 2.51 bits per heavy atom. The summed E-state index contributed by atoms with van der Waals surface area (Å²) < 4.78 is 35.4. The van der Waals surface area contributed by atoms with E-state index in [1.807, 2.05) is 37.5 Å². The lowest BCUT2D eigenvalue weighted by Gasteiger charge is -2.32. The standard InChI is InChI=1S/C28H36N4O4S/c1-23-9-11-26(12-10-23)37(34,35)30-21-27(33)31-17-13-25(14-18-31)28-29-15-19-32(28)16-5-6-20-36-22-24-7-3-2-4-8-24/h2-4,7-12,15,19,25,30H,5-6,13-14,16-18,20-22H2,1H3. The summed E-state index contributed by atoms with van der Waals surface area (Å²) in [5.41, 5.74) is 2.17. The molecule has 0 saturated carbocycles. The first-order chi connectivity index (χ1) is 17.9. The summed E-state index contributed by atoms with van der Waals surface area (Å²) in [5, 5.41) is 0. The molecule has 0 atom stereocenters. The van der Waals surface area contributed by atoms with Crippen molar-refractivity contribution in [3.8, 4) is 0 Å². The van der Waals surface area contributed by atoms with Crippen molar-refractivity contribution < 1.29 is 17.9 Å². The minimum atomic E-state index is -3.71. The number of carbonyl (C=O) groups is 1. The molecule has 0 unspecified atom stereocenters. The topological polar surface area (TPSA) is 93.5 Å². The van der Waals surface area contributed by atoms with Gasteiger partial charge in [0.15, 0.2) is 0 Å². The number of ether oxygens (including phenoxy) is 1. The van der Waals surface area contributed by atoms with E-state index >= 15 is 0 Å². The summed E-state index contributed by atoms with van der Waals surface area (Å²) in [5.74, 6) is 1.16. The van der Waals surface area contributed by atoms with Crippen LogP contribution < -0.4 is 4.72 Å². The van der Waals surface area contributed by atoms with E-state index in [0.29, 0.717) is 19.7 Å². The quantitative estimate of drug-likeness (QED) is 0.363. The van der Waals surface area contributed by atoms with E-state index in [9.17, 15) is 13.2 Å². The minimum Gasteiger partial charge on any atom is -0.377 e. The van der Waals surface area contributed by atoms with Crippen LogP contribution in [0.4, 0.5) is 0 Å². The number of rotatable bonds is 12.